The number of carbonyl (C=O) groups excluding carboxylic acids is 1. The lowest BCUT2D eigenvalue weighted by atomic mass is 10.2. The maximum absolute atomic E-state index is 11.5. The number of nitrogens with one attached hydrogen (secondary N) is 2. The van der Waals surface area contributed by atoms with Gasteiger partial charge in [-0.3, -0.25) is 9.89 Å². The van der Waals surface area contributed by atoms with E-state index in [1.807, 2.05) is 24.3 Å². The van der Waals surface area contributed by atoms with Gasteiger partial charge in [0.25, 0.3) is 5.91 Å². The first-order chi connectivity index (χ1) is 8.79. The molecule has 1 heterocycles. The van der Waals surface area contributed by atoms with E-state index in [9.17, 15) is 4.79 Å². The number of methoxy groups -OCH3 is 1. The molecule has 1 aromatic heterocycles. The van der Waals surface area contributed by atoms with E-state index in [4.69, 9.17) is 4.74 Å². The monoisotopic (exact) mass is 244 g/mol. The number of hydrogen-bond acceptors (Lipinski definition) is 4. The number of benzene rings is 1. The van der Waals surface area contributed by atoms with Gasteiger partial charge in [-0.2, -0.15) is 10.2 Å². The molecule has 0 aliphatic rings. The topological polar surface area (TPSA) is 79.4 Å². The van der Waals surface area contributed by atoms with E-state index in [0.717, 1.165) is 11.3 Å². The van der Waals surface area contributed by atoms with Crippen LogP contribution in [-0.2, 0) is 0 Å². The SMILES string of the molecule is COc1ccc(C=NNC(=O)c2ccn[nH]2)cc1. The summed E-state index contributed by atoms with van der Waals surface area (Å²) >= 11 is 0. The van der Waals surface area contributed by atoms with Crippen LogP contribution >= 0.6 is 0 Å². The Bertz CT molecular complexity index is 532. The van der Waals surface area contributed by atoms with Gasteiger partial charge < -0.3 is 4.74 Å². The van der Waals surface area contributed by atoms with Gasteiger partial charge in [-0.25, -0.2) is 5.43 Å². The Hall–Kier alpha value is -2.63. The molecule has 0 spiro atoms. The number of H-pyrrole nitrogens is 1. The maximum atomic E-state index is 11.5. The van der Waals surface area contributed by atoms with Crippen LogP contribution in [0.2, 0.25) is 0 Å². The standard InChI is InChI=1S/C12H12N4O2/c1-18-10-4-2-9(3-5-10)8-14-16-12(17)11-6-7-13-15-11/h2-8H,1H3,(H,13,15)(H,16,17). The molecular weight excluding hydrogens is 232 g/mol. The van der Waals surface area contributed by atoms with Crippen molar-refractivity contribution in [1.29, 1.82) is 0 Å². The van der Waals surface area contributed by atoms with Crippen molar-refractivity contribution in [3.63, 3.8) is 0 Å². The van der Waals surface area contributed by atoms with Crippen molar-refractivity contribution in [3.8, 4) is 5.75 Å². The number of carbonyl (C=O) groups is 1. The van der Waals surface area contributed by atoms with Gasteiger partial charge in [-0.15, -0.1) is 0 Å². The van der Waals surface area contributed by atoms with Crippen molar-refractivity contribution in [2.45, 2.75) is 0 Å². The highest BCUT2D eigenvalue weighted by Gasteiger charge is 2.03. The predicted molar refractivity (Wildman–Crippen MR) is 66.6 cm³/mol. The Morgan fingerprint density at radius 1 is 1.39 bits per heavy atom. The van der Waals surface area contributed by atoms with Crippen molar-refractivity contribution in [3.05, 3.63) is 47.8 Å². The average Bonchev–Trinajstić information content (AvgIpc) is 2.93. The molecule has 2 N–H and O–H groups in total. The van der Waals surface area contributed by atoms with Crippen LogP contribution in [0.3, 0.4) is 0 Å². The van der Waals surface area contributed by atoms with Gasteiger partial charge in [0, 0.05) is 6.20 Å². The number of rotatable bonds is 4. The molecule has 2 aromatic rings. The molecule has 6 nitrogen and oxygen atoms in total. The van der Waals surface area contributed by atoms with Gasteiger partial charge in [0.1, 0.15) is 11.4 Å². The second-order valence-corrected chi connectivity index (χ2v) is 3.44. The first-order valence-corrected chi connectivity index (χ1v) is 5.26. The molecule has 1 aromatic carbocycles. The van der Waals surface area contributed by atoms with Gasteiger partial charge in [-0.05, 0) is 35.9 Å². The van der Waals surface area contributed by atoms with Crippen molar-refractivity contribution in [2.24, 2.45) is 5.10 Å². The molecule has 1 amide bonds. The number of nitrogens with zero attached hydrogens (tertiary/aromatic N) is 2. The van der Waals surface area contributed by atoms with Crippen LogP contribution in [0.4, 0.5) is 0 Å². The summed E-state index contributed by atoms with van der Waals surface area (Å²) in [5.74, 6) is 0.436. The Balaban J connectivity index is 1.93. The summed E-state index contributed by atoms with van der Waals surface area (Å²) in [7, 11) is 1.60. The van der Waals surface area contributed by atoms with Crippen molar-refractivity contribution in [1.82, 2.24) is 15.6 Å². The predicted octanol–water partition coefficient (Wildman–Crippen LogP) is 1.18. The maximum Gasteiger partial charge on any atom is 0.289 e. The van der Waals surface area contributed by atoms with Gasteiger partial charge >= 0.3 is 0 Å². The summed E-state index contributed by atoms with van der Waals surface area (Å²) in [6, 6.07) is 8.88. The number of aromatic nitrogens is 2. The highest BCUT2D eigenvalue weighted by molar-refractivity contribution is 5.92. The van der Waals surface area contributed by atoms with Crippen molar-refractivity contribution >= 4 is 12.1 Å². The minimum atomic E-state index is -0.336. The first-order valence-electron chi connectivity index (χ1n) is 5.26. The average molecular weight is 244 g/mol. The summed E-state index contributed by atoms with van der Waals surface area (Å²) in [6.45, 7) is 0. The Morgan fingerprint density at radius 3 is 2.78 bits per heavy atom. The Kier molecular flexibility index (Phi) is 3.70. The molecule has 2 rings (SSSR count). The van der Waals surface area contributed by atoms with Gasteiger partial charge in [0.2, 0.25) is 0 Å². The number of hydrogen-bond donors (Lipinski definition) is 2. The van der Waals surface area contributed by atoms with E-state index in [1.165, 1.54) is 6.20 Å². The fourth-order valence-corrected chi connectivity index (χ4v) is 1.30. The lowest BCUT2D eigenvalue weighted by molar-refractivity contribution is 0.0950. The van der Waals surface area contributed by atoms with E-state index in [0.29, 0.717) is 5.69 Å². The summed E-state index contributed by atoms with van der Waals surface area (Å²) in [6.07, 6.45) is 3.05. The van der Waals surface area contributed by atoms with Crippen LogP contribution in [0, 0.1) is 0 Å². The Morgan fingerprint density at radius 2 is 2.17 bits per heavy atom. The molecule has 0 aliphatic carbocycles. The third kappa shape index (κ3) is 2.94. The second kappa shape index (κ2) is 5.62. The molecule has 0 saturated carbocycles. The zero-order valence-corrected chi connectivity index (χ0v) is 9.75. The van der Waals surface area contributed by atoms with Crippen LogP contribution in [0.15, 0.2) is 41.6 Å². The first kappa shape index (κ1) is 11.8. The highest BCUT2D eigenvalue weighted by atomic mass is 16.5. The smallest absolute Gasteiger partial charge is 0.289 e. The molecule has 0 saturated heterocycles. The largest absolute Gasteiger partial charge is 0.497 e. The zero-order chi connectivity index (χ0) is 12.8. The fraction of sp³-hybridized carbons (Fsp3) is 0.0833. The zero-order valence-electron chi connectivity index (χ0n) is 9.75. The van der Waals surface area contributed by atoms with Crippen LogP contribution in [-0.4, -0.2) is 29.4 Å². The third-order valence-corrected chi connectivity index (χ3v) is 2.24. The van der Waals surface area contributed by atoms with Crippen LogP contribution in [0.1, 0.15) is 16.1 Å². The Labute approximate surface area is 104 Å². The summed E-state index contributed by atoms with van der Waals surface area (Å²) in [5.41, 5.74) is 3.61. The van der Waals surface area contributed by atoms with Crippen molar-refractivity contribution < 1.29 is 9.53 Å². The normalized spacial score (nSPS) is 10.5. The second-order valence-electron chi connectivity index (χ2n) is 3.44. The molecule has 6 heteroatoms. The fourth-order valence-electron chi connectivity index (χ4n) is 1.30. The van der Waals surface area contributed by atoms with Crippen LogP contribution in [0.25, 0.3) is 0 Å². The summed E-state index contributed by atoms with van der Waals surface area (Å²) in [4.78, 5) is 11.5. The minimum Gasteiger partial charge on any atom is -0.497 e. The number of amides is 1. The van der Waals surface area contributed by atoms with E-state index < -0.39 is 0 Å². The van der Waals surface area contributed by atoms with Gasteiger partial charge in [-0.1, -0.05) is 0 Å². The van der Waals surface area contributed by atoms with Crippen LogP contribution < -0.4 is 10.2 Å². The molecule has 0 atom stereocenters. The van der Waals surface area contributed by atoms with Crippen LogP contribution in [0.5, 0.6) is 5.75 Å². The molecular formula is C12H12N4O2. The van der Waals surface area contributed by atoms with Gasteiger partial charge in [0.15, 0.2) is 0 Å². The number of ether oxygens (including phenoxy) is 1. The summed E-state index contributed by atoms with van der Waals surface area (Å²) in [5, 5.41) is 10.1. The molecule has 0 fully saturated rings. The lowest BCUT2D eigenvalue weighted by Gasteiger charge is -1.99. The number of hydrazone groups is 1. The molecule has 0 unspecified atom stereocenters. The minimum absolute atomic E-state index is 0.336. The van der Waals surface area contributed by atoms with E-state index in [1.54, 1.807) is 19.4 Å². The van der Waals surface area contributed by atoms with Gasteiger partial charge in [0.05, 0.1) is 13.3 Å². The molecule has 92 valence electrons. The van der Waals surface area contributed by atoms with E-state index >= 15 is 0 Å². The molecule has 0 radical (unpaired) electrons. The summed E-state index contributed by atoms with van der Waals surface area (Å²) < 4.78 is 5.04. The quantitative estimate of drug-likeness (QED) is 0.626. The third-order valence-electron chi connectivity index (χ3n) is 2.24. The van der Waals surface area contributed by atoms with E-state index in [2.05, 4.69) is 20.7 Å². The number of aromatic amines is 1. The molecule has 0 bridgehead atoms. The lowest BCUT2D eigenvalue weighted by Crippen LogP contribution is -2.17. The highest BCUT2D eigenvalue weighted by Crippen LogP contribution is 2.09. The van der Waals surface area contributed by atoms with E-state index in [-0.39, 0.29) is 5.91 Å². The molecule has 0 aliphatic heterocycles. The molecule has 18 heavy (non-hydrogen) atoms. The van der Waals surface area contributed by atoms with Crippen molar-refractivity contribution in [2.75, 3.05) is 7.11 Å².